The maximum absolute atomic E-state index is 11.9. The Kier molecular flexibility index (Phi) is 7.55. The predicted molar refractivity (Wildman–Crippen MR) is 106 cm³/mol. The van der Waals surface area contributed by atoms with E-state index in [1.54, 1.807) is 0 Å². The molecule has 0 heterocycles. The molecule has 0 aliphatic rings. The molecular formula is C18H30ClN3O5. The van der Waals surface area contributed by atoms with Gasteiger partial charge in [-0.1, -0.05) is 0 Å². The van der Waals surface area contributed by atoms with Crippen LogP contribution in [0.15, 0.2) is 18.2 Å². The van der Waals surface area contributed by atoms with Gasteiger partial charge in [0.15, 0.2) is 0 Å². The molecule has 154 valence electrons. The summed E-state index contributed by atoms with van der Waals surface area (Å²) in [6.07, 6.45) is -2.45. The fourth-order valence-electron chi connectivity index (χ4n) is 1.76. The number of hydrogen-bond donors (Lipinski definition) is 2. The molecule has 1 aromatic carbocycles. The molecule has 0 radical (unpaired) electrons. The Bertz CT molecular complexity index is 702. The van der Waals surface area contributed by atoms with E-state index in [9.17, 15) is 14.7 Å². The highest BCUT2D eigenvalue weighted by Gasteiger charge is 2.18. The lowest BCUT2D eigenvalue weighted by molar-refractivity contribution is 0.159. The minimum Gasteiger partial charge on any atom is -0.410 e. The maximum atomic E-state index is 11.9. The first-order valence-corrected chi connectivity index (χ1v) is 8.00. The number of nitrogens with zero attached hydrogens (tertiary/aromatic N) is 2. The smallest absolute Gasteiger partial charge is 0.410 e. The summed E-state index contributed by atoms with van der Waals surface area (Å²) in [4.78, 5) is 26.1. The molecule has 0 bridgehead atoms. The van der Waals surface area contributed by atoms with Crippen molar-refractivity contribution in [3.05, 3.63) is 23.8 Å². The molecule has 9 heteroatoms. The summed E-state index contributed by atoms with van der Waals surface area (Å²) in [7, 11) is 6.04. The van der Waals surface area contributed by atoms with Crippen molar-refractivity contribution in [1.82, 2.24) is 15.1 Å². The average molecular weight is 407 g/mol. The van der Waals surface area contributed by atoms with Gasteiger partial charge < -0.3 is 29.7 Å². The second-order valence-electron chi connectivity index (χ2n) is 6.78. The zero-order valence-electron chi connectivity index (χ0n) is 19.4. The number of ether oxygens (including phenoxy) is 2. The molecule has 8 nitrogen and oxygen atoms in total. The highest BCUT2D eigenvalue weighted by atomic mass is 35.5. The van der Waals surface area contributed by atoms with E-state index in [2.05, 4.69) is 5.32 Å². The highest BCUT2D eigenvalue weighted by Crippen LogP contribution is 2.27. The van der Waals surface area contributed by atoms with Gasteiger partial charge in [0.1, 0.15) is 11.5 Å². The maximum Gasteiger partial charge on any atom is 0.414 e. The average Bonchev–Trinajstić information content (AvgIpc) is 2.58. The summed E-state index contributed by atoms with van der Waals surface area (Å²) in [5, 5.41) is 13.3. The van der Waals surface area contributed by atoms with E-state index >= 15 is 0 Å². The molecule has 0 fully saturated rings. The van der Waals surface area contributed by atoms with Crippen molar-refractivity contribution in [2.75, 3.05) is 34.7 Å². The summed E-state index contributed by atoms with van der Waals surface area (Å²) in [5.74, 6) is 0.133. The van der Waals surface area contributed by atoms with Crippen LogP contribution in [-0.4, -0.2) is 67.4 Å². The van der Waals surface area contributed by atoms with Gasteiger partial charge in [-0.05, 0) is 38.4 Å². The molecule has 0 saturated carbocycles. The molecule has 2 N–H and O–H groups in total. The third kappa shape index (κ3) is 8.94. The molecule has 1 aromatic rings. The standard InChI is InChI=1S/C18H29N3O5.ClH/c1-18(2,3)19-11-15(22)12-8-13(25-16(23)20(4)5)10-14(9-12)26-17(24)21(6)7;/h8-10,15,19,22H,11H2,1-7H3;1H/i1D3;. The van der Waals surface area contributed by atoms with Crippen LogP contribution >= 0.6 is 12.4 Å². The number of nitrogens with one attached hydrogen (secondary N) is 1. The molecule has 27 heavy (non-hydrogen) atoms. The third-order valence-electron chi connectivity index (χ3n) is 3.17. The highest BCUT2D eigenvalue weighted by molar-refractivity contribution is 5.85. The van der Waals surface area contributed by atoms with Crippen molar-refractivity contribution in [2.45, 2.75) is 32.3 Å². The van der Waals surface area contributed by atoms with E-state index < -0.39 is 30.7 Å². The number of rotatable bonds is 5. The fourth-order valence-corrected chi connectivity index (χ4v) is 1.76. The summed E-state index contributed by atoms with van der Waals surface area (Å²) in [5.41, 5.74) is -0.951. The molecular weight excluding hydrogens is 374 g/mol. The Morgan fingerprint density at radius 1 is 1.11 bits per heavy atom. The quantitative estimate of drug-likeness (QED) is 0.781. The van der Waals surface area contributed by atoms with Gasteiger partial charge >= 0.3 is 12.2 Å². The van der Waals surface area contributed by atoms with Crippen LogP contribution in [0.25, 0.3) is 0 Å². The Labute approximate surface area is 171 Å². The number of halogens is 1. The molecule has 1 rings (SSSR count). The van der Waals surface area contributed by atoms with Crippen molar-refractivity contribution in [3.63, 3.8) is 0 Å². The second-order valence-corrected chi connectivity index (χ2v) is 6.78. The van der Waals surface area contributed by atoms with Crippen LogP contribution in [0.1, 0.15) is 36.5 Å². The van der Waals surface area contributed by atoms with Crippen molar-refractivity contribution in [2.24, 2.45) is 0 Å². The molecule has 1 atom stereocenters. The van der Waals surface area contributed by atoms with Gasteiger partial charge in [-0.25, -0.2) is 9.59 Å². The third-order valence-corrected chi connectivity index (χ3v) is 3.17. The number of hydrogen-bond acceptors (Lipinski definition) is 6. The molecule has 0 spiro atoms. The van der Waals surface area contributed by atoms with Crippen LogP contribution in [-0.2, 0) is 0 Å². The minimum absolute atomic E-state index is 0. The topological polar surface area (TPSA) is 91.3 Å². The Balaban J connectivity index is 0.00000841. The fraction of sp³-hybridized carbons (Fsp3) is 0.556. The van der Waals surface area contributed by atoms with Crippen LogP contribution in [0.4, 0.5) is 9.59 Å². The number of β-amino-alcohol motifs (C(OH)–C–C–N with tert-alkyl or cyclic N) is 1. The van der Waals surface area contributed by atoms with E-state index in [1.807, 2.05) is 0 Å². The van der Waals surface area contributed by atoms with E-state index in [4.69, 9.17) is 13.6 Å². The van der Waals surface area contributed by atoms with Crippen molar-refractivity contribution in [3.8, 4) is 11.5 Å². The lowest BCUT2D eigenvalue weighted by atomic mass is 10.1. The summed E-state index contributed by atoms with van der Waals surface area (Å²) in [6.45, 7) is 0.651. The van der Waals surface area contributed by atoms with E-state index in [1.165, 1.54) is 70.0 Å². The first kappa shape index (κ1) is 19.7. The zero-order valence-corrected chi connectivity index (χ0v) is 17.2. The van der Waals surface area contributed by atoms with Gasteiger partial charge in [0, 0.05) is 50.5 Å². The number of aliphatic hydroxyl groups is 1. The Hall–Kier alpha value is -2.03. The van der Waals surface area contributed by atoms with Crippen molar-refractivity contribution < 1.29 is 28.3 Å². The first-order valence-electron chi connectivity index (χ1n) is 9.50. The van der Waals surface area contributed by atoms with Gasteiger partial charge in [0.25, 0.3) is 0 Å². The summed E-state index contributed by atoms with van der Waals surface area (Å²) < 4.78 is 33.1. The number of aliphatic hydroxyl groups excluding tert-OH is 1. The van der Waals surface area contributed by atoms with E-state index in [0.29, 0.717) is 0 Å². The minimum atomic E-state index is -2.28. The number of carbonyl (C=O) groups excluding carboxylic acids is 2. The SMILES string of the molecule is Cl.[2H]C([2H])([2H])C(C)(C)NCC(O)c1cc(OC(=O)N(C)C)cc(OC(=O)N(C)C)c1. The monoisotopic (exact) mass is 406 g/mol. The molecule has 0 aliphatic carbocycles. The Morgan fingerprint density at radius 2 is 1.56 bits per heavy atom. The number of amides is 2. The van der Waals surface area contributed by atoms with E-state index in [-0.39, 0.29) is 36.0 Å². The molecule has 0 aromatic heterocycles. The molecule has 0 saturated heterocycles. The van der Waals surface area contributed by atoms with Gasteiger partial charge in [0.05, 0.1) is 6.10 Å². The van der Waals surface area contributed by atoms with Crippen LogP contribution in [0.5, 0.6) is 11.5 Å². The number of benzene rings is 1. The molecule has 1 unspecified atom stereocenters. The van der Waals surface area contributed by atoms with Crippen LogP contribution in [0.3, 0.4) is 0 Å². The molecule has 2 amide bonds. The zero-order chi connectivity index (χ0) is 22.6. The lowest BCUT2D eigenvalue weighted by Gasteiger charge is -2.23. The first-order chi connectivity index (χ1) is 13.1. The molecule has 0 aliphatic heterocycles. The van der Waals surface area contributed by atoms with Gasteiger partial charge in [0.2, 0.25) is 0 Å². The van der Waals surface area contributed by atoms with Crippen LogP contribution < -0.4 is 14.8 Å². The van der Waals surface area contributed by atoms with Gasteiger partial charge in [-0.3, -0.25) is 0 Å². The Morgan fingerprint density at radius 3 is 1.93 bits per heavy atom. The normalized spacial score (nSPS) is 14.0. The van der Waals surface area contributed by atoms with E-state index in [0.717, 1.165) is 0 Å². The lowest BCUT2D eigenvalue weighted by Crippen LogP contribution is -2.38. The predicted octanol–water partition coefficient (Wildman–Crippen LogP) is 2.65. The largest absolute Gasteiger partial charge is 0.414 e. The number of carbonyl (C=O) groups is 2. The van der Waals surface area contributed by atoms with Gasteiger partial charge in [-0.15, -0.1) is 12.4 Å². The van der Waals surface area contributed by atoms with Gasteiger partial charge in [-0.2, -0.15) is 0 Å². The van der Waals surface area contributed by atoms with Crippen molar-refractivity contribution >= 4 is 24.6 Å². The summed E-state index contributed by atoms with van der Waals surface area (Å²) >= 11 is 0. The summed E-state index contributed by atoms with van der Waals surface area (Å²) in [6, 6.07) is 4.19. The van der Waals surface area contributed by atoms with Crippen LogP contribution in [0, 0.1) is 0 Å². The van der Waals surface area contributed by atoms with Crippen LogP contribution in [0.2, 0.25) is 0 Å². The van der Waals surface area contributed by atoms with Crippen molar-refractivity contribution in [1.29, 1.82) is 0 Å². The second kappa shape index (κ2) is 10.3.